The maximum absolute atomic E-state index is 12.3. The number of benzene rings is 2. The number of thiophene rings is 1. The molecule has 1 aliphatic heterocycles. The van der Waals surface area contributed by atoms with Crippen molar-refractivity contribution in [2.24, 2.45) is 0 Å². The molecule has 5 heteroatoms. The highest BCUT2D eigenvalue weighted by Crippen LogP contribution is 2.46. The highest BCUT2D eigenvalue weighted by molar-refractivity contribution is 7.11. The van der Waals surface area contributed by atoms with Crippen molar-refractivity contribution in [3.05, 3.63) is 64.4 Å². The number of fused-ring (bicyclic) bond motifs is 1. The summed E-state index contributed by atoms with van der Waals surface area (Å²) >= 11 is 1.66. The lowest BCUT2D eigenvalue weighted by atomic mass is 9.89. The van der Waals surface area contributed by atoms with Gasteiger partial charge in [0.15, 0.2) is 0 Å². The molecule has 4 nitrogen and oxygen atoms in total. The first-order chi connectivity index (χ1) is 12.2. The number of phenols is 1. The van der Waals surface area contributed by atoms with E-state index in [1.54, 1.807) is 30.6 Å². The largest absolute Gasteiger partial charge is 0.508 e. The highest BCUT2D eigenvalue weighted by atomic mass is 32.1. The molecule has 1 amide bonds. The minimum atomic E-state index is 0.0127. The zero-order chi connectivity index (χ0) is 17.4. The monoisotopic (exact) mass is 351 g/mol. The number of ether oxygens (including phenoxy) is 1. The van der Waals surface area contributed by atoms with Gasteiger partial charge in [-0.3, -0.25) is 4.79 Å². The zero-order valence-electron chi connectivity index (χ0n) is 13.7. The summed E-state index contributed by atoms with van der Waals surface area (Å²) in [5.74, 6) is 1.06. The lowest BCUT2D eigenvalue weighted by molar-refractivity contribution is -0.116. The van der Waals surface area contributed by atoms with Gasteiger partial charge in [0.1, 0.15) is 11.5 Å². The van der Waals surface area contributed by atoms with E-state index in [0.717, 1.165) is 33.0 Å². The molecule has 1 atom stereocenters. The molecule has 0 bridgehead atoms. The van der Waals surface area contributed by atoms with E-state index in [1.165, 1.54) is 0 Å². The number of methoxy groups -OCH3 is 1. The molecule has 3 aromatic rings. The Hall–Kier alpha value is -2.79. The van der Waals surface area contributed by atoms with Crippen molar-refractivity contribution in [2.45, 2.75) is 12.3 Å². The molecule has 0 saturated carbocycles. The fourth-order valence-corrected chi connectivity index (χ4v) is 4.35. The maximum atomic E-state index is 12.3. The Morgan fingerprint density at radius 3 is 2.52 bits per heavy atom. The van der Waals surface area contributed by atoms with Crippen molar-refractivity contribution in [3.8, 4) is 22.6 Å². The Morgan fingerprint density at radius 1 is 1.12 bits per heavy atom. The van der Waals surface area contributed by atoms with Gasteiger partial charge in [0.05, 0.1) is 12.8 Å². The molecule has 1 aromatic heterocycles. The highest BCUT2D eigenvalue weighted by Gasteiger charge is 2.30. The van der Waals surface area contributed by atoms with Crippen molar-refractivity contribution in [1.82, 2.24) is 0 Å². The van der Waals surface area contributed by atoms with Gasteiger partial charge < -0.3 is 15.2 Å². The van der Waals surface area contributed by atoms with Gasteiger partial charge in [0, 0.05) is 28.2 Å². The van der Waals surface area contributed by atoms with Gasteiger partial charge in [-0.1, -0.05) is 24.3 Å². The summed E-state index contributed by atoms with van der Waals surface area (Å²) in [5.41, 5.74) is 4.01. The van der Waals surface area contributed by atoms with Crippen LogP contribution in [0.4, 0.5) is 5.69 Å². The van der Waals surface area contributed by atoms with E-state index < -0.39 is 0 Å². The number of aromatic hydroxyl groups is 1. The van der Waals surface area contributed by atoms with Crippen LogP contribution >= 0.6 is 11.3 Å². The van der Waals surface area contributed by atoms with E-state index in [0.29, 0.717) is 6.42 Å². The number of nitrogens with one attached hydrogen (secondary N) is 1. The number of carbonyl (C=O) groups excluding carboxylic acids is 1. The van der Waals surface area contributed by atoms with Gasteiger partial charge in [-0.15, -0.1) is 11.3 Å². The third-order valence-electron chi connectivity index (χ3n) is 4.49. The normalized spacial score (nSPS) is 16.2. The topological polar surface area (TPSA) is 58.6 Å². The summed E-state index contributed by atoms with van der Waals surface area (Å²) in [4.78, 5) is 13.4. The molecular weight excluding hydrogens is 334 g/mol. The van der Waals surface area contributed by atoms with E-state index in [4.69, 9.17) is 4.74 Å². The molecule has 0 aliphatic carbocycles. The van der Waals surface area contributed by atoms with Gasteiger partial charge in [0.2, 0.25) is 5.91 Å². The third-order valence-corrected chi connectivity index (χ3v) is 5.58. The van der Waals surface area contributed by atoms with Crippen molar-refractivity contribution in [2.75, 3.05) is 12.4 Å². The lowest BCUT2D eigenvalue weighted by Crippen LogP contribution is -2.22. The van der Waals surface area contributed by atoms with Crippen molar-refractivity contribution < 1.29 is 14.6 Å². The predicted molar refractivity (Wildman–Crippen MR) is 99.5 cm³/mol. The van der Waals surface area contributed by atoms with Crippen LogP contribution in [0.25, 0.3) is 11.1 Å². The second-order valence-electron chi connectivity index (χ2n) is 6.01. The van der Waals surface area contributed by atoms with Crippen LogP contribution in [-0.4, -0.2) is 18.1 Å². The van der Waals surface area contributed by atoms with E-state index in [9.17, 15) is 9.90 Å². The minimum absolute atomic E-state index is 0.0127. The Balaban J connectivity index is 1.76. The van der Waals surface area contributed by atoms with Gasteiger partial charge in [-0.2, -0.15) is 0 Å². The first-order valence-corrected chi connectivity index (χ1v) is 8.88. The molecule has 0 radical (unpaired) electrons. The smallest absolute Gasteiger partial charge is 0.225 e. The Labute approximate surface area is 149 Å². The molecule has 0 saturated heterocycles. The minimum Gasteiger partial charge on any atom is -0.508 e. The number of rotatable bonds is 3. The first-order valence-electron chi connectivity index (χ1n) is 8.00. The van der Waals surface area contributed by atoms with Crippen LogP contribution in [0.5, 0.6) is 11.5 Å². The van der Waals surface area contributed by atoms with Crippen LogP contribution in [0.15, 0.2) is 53.9 Å². The molecule has 2 heterocycles. The predicted octanol–water partition coefficient (Wildman–Crippen LogP) is 4.60. The summed E-state index contributed by atoms with van der Waals surface area (Å²) in [6, 6.07) is 14.9. The number of hydrogen-bond acceptors (Lipinski definition) is 4. The fraction of sp³-hybridized carbons (Fsp3) is 0.150. The molecule has 2 N–H and O–H groups in total. The van der Waals surface area contributed by atoms with Crippen LogP contribution in [0.1, 0.15) is 22.8 Å². The fourth-order valence-electron chi connectivity index (χ4n) is 3.19. The molecule has 126 valence electrons. The van der Waals surface area contributed by atoms with Gasteiger partial charge in [0.25, 0.3) is 0 Å². The van der Waals surface area contributed by atoms with Crippen molar-refractivity contribution in [1.29, 1.82) is 0 Å². The van der Waals surface area contributed by atoms with Crippen LogP contribution in [0.3, 0.4) is 0 Å². The second-order valence-corrected chi connectivity index (χ2v) is 6.92. The summed E-state index contributed by atoms with van der Waals surface area (Å²) in [6.45, 7) is 0. The second kappa shape index (κ2) is 6.26. The van der Waals surface area contributed by atoms with E-state index >= 15 is 0 Å². The average Bonchev–Trinajstić information content (AvgIpc) is 3.05. The van der Waals surface area contributed by atoms with E-state index in [1.807, 2.05) is 36.4 Å². The molecule has 1 unspecified atom stereocenters. The number of anilines is 1. The Kier molecular flexibility index (Phi) is 3.93. The summed E-state index contributed by atoms with van der Waals surface area (Å²) in [5, 5.41) is 14.6. The molecule has 0 spiro atoms. The van der Waals surface area contributed by atoms with Gasteiger partial charge in [-0.25, -0.2) is 0 Å². The molecule has 25 heavy (non-hydrogen) atoms. The molecule has 4 rings (SSSR count). The number of hydrogen-bond donors (Lipinski definition) is 2. The van der Waals surface area contributed by atoms with Crippen molar-refractivity contribution >= 4 is 22.9 Å². The number of phenolic OH excluding ortho intramolecular Hbond substituents is 1. The van der Waals surface area contributed by atoms with Crippen LogP contribution in [0.2, 0.25) is 0 Å². The zero-order valence-corrected chi connectivity index (χ0v) is 14.5. The van der Waals surface area contributed by atoms with Crippen molar-refractivity contribution in [3.63, 3.8) is 0 Å². The lowest BCUT2D eigenvalue weighted by Gasteiger charge is -2.24. The first kappa shape index (κ1) is 15.7. The standard InChI is InChI=1S/C20H17NO3S/c1-24-15-8-4-13(5-9-15)17-11-25-20-16(10-18(23)21-19(17)20)12-2-6-14(22)7-3-12/h2-9,11,16,22H,10H2,1H3,(H,21,23). The molecule has 1 aliphatic rings. The average molecular weight is 351 g/mol. The molecular formula is C20H17NO3S. The Bertz CT molecular complexity index is 913. The van der Waals surface area contributed by atoms with Gasteiger partial charge >= 0.3 is 0 Å². The summed E-state index contributed by atoms with van der Waals surface area (Å²) in [7, 11) is 1.64. The quantitative estimate of drug-likeness (QED) is 0.725. The Morgan fingerprint density at radius 2 is 1.84 bits per heavy atom. The third kappa shape index (κ3) is 2.87. The molecule has 0 fully saturated rings. The summed E-state index contributed by atoms with van der Waals surface area (Å²) < 4.78 is 5.21. The number of carbonyl (C=O) groups is 1. The van der Waals surface area contributed by atoms with Crippen LogP contribution in [-0.2, 0) is 4.79 Å². The number of amides is 1. The van der Waals surface area contributed by atoms with Gasteiger partial charge in [-0.05, 0) is 35.4 Å². The summed E-state index contributed by atoms with van der Waals surface area (Å²) in [6.07, 6.45) is 0.417. The van der Waals surface area contributed by atoms with Crippen LogP contribution in [0, 0.1) is 0 Å². The molecule has 2 aromatic carbocycles. The van der Waals surface area contributed by atoms with E-state index in [-0.39, 0.29) is 17.6 Å². The van der Waals surface area contributed by atoms with E-state index in [2.05, 4.69) is 10.7 Å². The maximum Gasteiger partial charge on any atom is 0.225 e. The van der Waals surface area contributed by atoms with Crippen LogP contribution < -0.4 is 10.1 Å². The SMILES string of the molecule is COc1ccc(-c2csc3c2NC(=O)CC3c2ccc(O)cc2)cc1.